The molecule has 2 aliphatic rings. The van der Waals surface area contributed by atoms with Crippen LogP contribution >= 0.6 is 0 Å². The topological polar surface area (TPSA) is 38.7 Å². The number of hydrogen-bond acceptors (Lipinski definition) is 3. The Morgan fingerprint density at radius 2 is 1.62 bits per heavy atom. The fourth-order valence-corrected chi connectivity index (χ4v) is 2.02. The maximum Gasteiger partial charge on any atom is 0.168 e. The van der Waals surface area contributed by atoms with Crippen LogP contribution in [0.25, 0.3) is 0 Å². The molecule has 3 nitrogen and oxygen atoms in total. The molecule has 0 amide bonds. The van der Waals surface area contributed by atoms with Gasteiger partial charge in [-0.1, -0.05) is 0 Å². The summed E-state index contributed by atoms with van der Waals surface area (Å²) in [4.78, 5) is 0. The van der Waals surface area contributed by atoms with Crippen LogP contribution in [0.15, 0.2) is 0 Å². The van der Waals surface area contributed by atoms with E-state index in [0.29, 0.717) is 38.9 Å². The minimum atomic E-state index is -1.12. The van der Waals surface area contributed by atoms with Crippen molar-refractivity contribution in [3.8, 4) is 0 Å². The van der Waals surface area contributed by atoms with Gasteiger partial charge in [-0.25, -0.2) is 4.39 Å². The van der Waals surface area contributed by atoms with Gasteiger partial charge < -0.3 is 14.6 Å². The monoisotopic (exact) mass is 190 g/mol. The third-order valence-electron chi connectivity index (χ3n) is 3.00. The van der Waals surface area contributed by atoms with Gasteiger partial charge in [0.25, 0.3) is 0 Å². The van der Waals surface area contributed by atoms with E-state index in [1.165, 1.54) is 0 Å². The lowest BCUT2D eigenvalue weighted by Crippen LogP contribution is -2.44. The van der Waals surface area contributed by atoms with Crippen LogP contribution in [-0.4, -0.2) is 36.4 Å². The van der Waals surface area contributed by atoms with Gasteiger partial charge in [0.05, 0.1) is 18.8 Å². The summed E-state index contributed by atoms with van der Waals surface area (Å²) in [6.45, 7) is 0.575. The van der Waals surface area contributed by atoms with Crippen molar-refractivity contribution in [2.45, 2.75) is 37.1 Å². The van der Waals surface area contributed by atoms with Gasteiger partial charge in [0.1, 0.15) is 6.67 Å². The van der Waals surface area contributed by atoms with Gasteiger partial charge in [-0.2, -0.15) is 0 Å². The standard InChI is InChI=1S/C9H15FO3/c10-7-8(11)1-3-9(4-2-8)12-5-6-13-9/h11H,1-7H2. The third-order valence-corrected chi connectivity index (χ3v) is 3.00. The molecule has 0 aromatic heterocycles. The van der Waals surface area contributed by atoms with Crippen molar-refractivity contribution in [3.63, 3.8) is 0 Å². The van der Waals surface area contributed by atoms with Crippen LogP contribution in [0.2, 0.25) is 0 Å². The van der Waals surface area contributed by atoms with E-state index >= 15 is 0 Å². The number of ether oxygens (including phenoxy) is 2. The van der Waals surface area contributed by atoms with Crippen LogP contribution in [-0.2, 0) is 9.47 Å². The second-order valence-corrected chi connectivity index (χ2v) is 3.97. The Bertz CT molecular complexity index is 179. The molecule has 1 heterocycles. The van der Waals surface area contributed by atoms with Crippen LogP contribution in [0.5, 0.6) is 0 Å². The maximum atomic E-state index is 12.4. The van der Waals surface area contributed by atoms with Crippen LogP contribution in [0.4, 0.5) is 4.39 Å². The first kappa shape index (κ1) is 9.37. The molecule has 13 heavy (non-hydrogen) atoms. The van der Waals surface area contributed by atoms with Crippen LogP contribution in [0.3, 0.4) is 0 Å². The summed E-state index contributed by atoms with van der Waals surface area (Å²) in [6.07, 6.45) is 2.08. The number of halogens is 1. The Kier molecular flexibility index (Phi) is 2.30. The lowest BCUT2D eigenvalue weighted by atomic mass is 9.82. The van der Waals surface area contributed by atoms with E-state index in [1.54, 1.807) is 0 Å². The van der Waals surface area contributed by atoms with Gasteiger partial charge in [0, 0.05) is 12.8 Å². The second-order valence-electron chi connectivity index (χ2n) is 3.97. The predicted octanol–water partition coefficient (Wildman–Crippen LogP) is 1.00. The van der Waals surface area contributed by atoms with E-state index in [1.807, 2.05) is 0 Å². The van der Waals surface area contributed by atoms with Gasteiger partial charge in [-0.05, 0) is 12.8 Å². The van der Waals surface area contributed by atoms with Crippen LogP contribution in [0, 0.1) is 0 Å². The number of rotatable bonds is 1. The number of hydrogen-bond donors (Lipinski definition) is 1. The summed E-state index contributed by atoms with van der Waals surface area (Å²) < 4.78 is 23.3. The van der Waals surface area contributed by atoms with E-state index in [2.05, 4.69) is 0 Å². The predicted molar refractivity (Wildman–Crippen MR) is 44.0 cm³/mol. The first-order valence-corrected chi connectivity index (χ1v) is 4.74. The zero-order chi connectivity index (χ0) is 9.36. The molecule has 1 aliphatic heterocycles. The first-order chi connectivity index (χ1) is 6.18. The van der Waals surface area contributed by atoms with E-state index in [0.717, 1.165) is 0 Å². The minimum Gasteiger partial charge on any atom is -0.387 e. The highest BCUT2D eigenvalue weighted by molar-refractivity contribution is 4.90. The van der Waals surface area contributed by atoms with Gasteiger partial charge >= 0.3 is 0 Å². The second kappa shape index (κ2) is 3.19. The zero-order valence-electron chi connectivity index (χ0n) is 7.59. The zero-order valence-corrected chi connectivity index (χ0v) is 7.59. The molecule has 4 heteroatoms. The van der Waals surface area contributed by atoms with Gasteiger partial charge in [-0.15, -0.1) is 0 Å². The molecular formula is C9H15FO3. The molecule has 2 fully saturated rings. The first-order valence-electron chi connectivity index (χ1n) is 4.74. The molecule has 1 spiro atoms. The molecule has 0 bridgehead atoms. The molecule has 0 unspecified atom stereocenters. The molecule has 1 N–H and O–H groups in total. The summed E-state index contributed by atoms with van der Waals surface area (Å²) in [5, 5.41) is 9.64. The Hall–Kier alpha value is -0.190. The van der Waals surface area contributed by atoms with Crippen LogP contribution < -0.4 is 0 Å². The van der Waals surface area contributed by atoms with Crippen molar-refractivity contribution in [2.75, 3.05) is 19.9 Å². The Morgan fingerprint density at radius 3 is 2.08 bits per heavy atom. The number of alkyl halides is 1. The summed E-state index contributed by atoms with van der Waals surface area (Å²) >= 11 is 0. The third kappa shape index (κ3) is 1.71. The van der Waals surface area contributed by atoms with E-state index < -0.39 is 18.1 Å². The molecule has 0 aromatic carbocycles. The fraction of sp³-hybridized carbons (Fsp3) is 1.00. The normalized spacial score (nSPS) is 30.9. The van der Waals surface area contributed by atoms with Gasteiger partial charge in [0.15, 0.2) is 5.79 Å². The lowest BCUT2D eigenvalue weighted by molar-refractivity contribution is -0.204. The molecule has 1 aliphatic carbocycles. The molecule has 0 atom stereocenters. The smallest absolute Gasteiger partial charge is 0.168 e. The highest BCUT2D eigenvalue weighted by Crippen LogP contribution is 2.40. The van der Waals surface area contributed by atoms with Crippen molar-refractivity contribution in [1.29, 1.82) is 0 Å². The van der Waals surface area contributed by atoms with Crippen molar-refractivity contribution in [2.24, 2.45) is 0 Å². The average molecular weight is 190 g/mol. The maximum absolute atomic E-state index is 12.4. The van der Waals surface area contributed by atoms with Gasteiger partial charge in [0.2, 0.25) is 0 Å². The molecule has 1 saturated carbocycles. The Balaban J connectivity index is 1.95. The molecule has 1 saturated heterocycles. The highest BCUT2D eigenvalue weighted by Gasteiger charge is 2.45. The molecule has 2 rings (SSSR count). The minimum absolute atomic E-state index is 0.434. The summed E-state index contributed by atoms with van der Waals surface area (Å²) in [6, 6.07) is 0. The summed E-state index contributed by atoms with van der Waals surface area (Å²) in [7, 11) is 0. The van der Waals surface area contributed by atoms with Crippen molar-refractivity contribution in [1.82, 2.24) is 0 Å². The molecule has 0 radical (unpaired) electrons. The van der Waals surface area contributed by atoms with Crippen molar-refractivity contribution in [3.05, 3.63) is 0 Å². The lowest BCUT2D eigenvalue weighted by Gasteiger charge is -2.39. The van der Waals surface area contributed by atoms with Crippen molar-refractivity contribution >= 4 is 0 Å². The Morgan fingerprint density at radius 1 is 1.08 bits per heavy atom. The van der Waals surface area contributed by atoms with E-state index in [4.69, 9.17) is 9.47 Å². The summed E-state index contributed by atoms with van der Waals surface area (Å²) in [5.74, 6) is -0.499. The number of aliphatic hydroxyl groups is 1. The largest absolute Gasteiger partial charge is 0.387 e. The quantitative estimate of drug-likeness (QED) is 0.670. The molecule has 0 aromatic rings. The highest BCUT2D eigenvalue weighted by atomic mass is 19.1. The average Bonchev–Trinajstić information content (AvgIpc) is 2.61. The van der Waals surface area contributed by atoms with Crippen LogP contribution in [0.1, 0.15) is 25.7 Å². The SMILES string of the molecule is OC1(CF)CCC2(CC1)OCCO2. The van der Waals surface area contributed by atoms with Gasteiger partial charge in [-0.3, -0.25) is 0 Å². The molecular weight excluding hydrogens is 175 g/mol. The Labute approximate surface area is 76.8 Å². The fourth-order valence-electron chi connectivity index (χ4n) is 2.02. The van der Waals surface area contributed by atoms with Crippen molar-refractivity contribution < 1.29 is 19.0 Å². The summed E-state index contributed by atoms with van der Waals surface area (Å²) in [5.41, 5.74) is -1.12. The van der Waals surface area contributed by atoms with E-state index in [-0.39, 0.29) is 0 Å². The molecule has 76 valence electrons. The van der Waals surface area contributed by atoms with E-state index in [9.17, 15) is 9.50 Å².